The fraction of sp³-hybridized carbons (Fsp3) is 0.263. The van der Waals surface area contributed by atoms with E-state index in [1.807, 2.05) is 12.1 Å². The van der Waals surface area contributed by atoms with Gasteiger partial charge in [0.1, 0.15) is 5.82 Å². The van der Waals surface area contributed by atoms with Gasteiger partial charge in [-0.25, -0.2) is 4.39 Å². The fourth-order valence-electron chi connectivity index (χ4n) is 2.94. The van der Waals surface area contributed by atoms with Crippen LogP contribution in [-0.4, -0.2) is 29.8 Å². The number of hydrogen-bond donors (Lipinski definition) is 1. The number of nitrogens with one attached hydrogen (secondary N) is 1. The molecule has 0 aromatic heterocycles. The molecule has 0 saturated carbocycles. The van der Waals surface area contributed by atoms with Crippen molar-refractivity contribution in [3.8, 4) is 0 Å². The number of piperidine rings is 1. The molecule has 26 heavy (non-hydrogen) atoms. The maximum Gasteiger partial charge on any atom is 0.253 e. The number of hydrogen-bond acceptors (Lipinski definition) is 2. The lowest BCUT2D eigenvalue weighted by Gasteiger charge is -2.31. The van der Waals surface area contributed by atoms with Crippen LogP contribution < -0.4 is 5.32 Å². The smallest absolute Gasteiger partial charge is 0.253 e. The lowest BCUT2D eigenvalue weighted by molar-refractivity contribution is -0.121. The van der Waals surface area contributed by atoms with Crippen LogP contribution in [0.1, 0.15) is 23.2 Å². The van der Waals surface area contributed by atoms with Gasteiger partial charge in [0.15, 0.2) is 0 Å². The Kier molecular flexibility index (Phi) is 5.94. The Hall–Kier alpha value is -1.92. The van der Waals surface area contributed by atoms with Gasteiger partial charge in [-0.3, -0.25) is 9.59 Å². The largest absolute Gasteiger partial charge is 0.339 e. The lowest BCUT2D eigenvalue weighted by Crippen LogP contribution is -2.41. The van der Waals surface area contributed by atoms with Crippen LogP contribution in [0.5, 0.6) is 0 Å². The van der Waals surface area contributed by atoms with Crippen LogP contribution in [0.15, 0.2) is 46.9 Å². The Bertz CT molecular complexity index is 821. The van der Waals surface area contributed by atoms with E-state index >= 15 is 0 Å². The topological polar surface area (TPSA) is 49.4 Å². The van der Waals surface area contributed by atoms with Crippen molar-refractivity contribution in [1.29, 1.82) is 0 Å². The molecular formula is C19H17BrClFN2O2. The molecule has 1 N–H and O–H groups in total. The molecule has 0 unspecified atom stereocenters. The summed E-state index contributed by atoms with van der Waals surface area (Å²) >= 11 is 8.99. The van der Waals surface area contributed by atoms with Crippen LogP contribution in [0.2, 0.25) is 5.02 Å². The Morgan fingerprint density at radius 2 is 1.77 bits per heavy atom. The second kappa shape index (κ2) is 8.18. The van der Waals surface area contributed by atoms with E-state index in [0.29, 0.717) is 37.2 Å². The average Bonchev–Trinajstić information content (AvgIpc) is 2.65. The number of carbonyl (C=O) groups excluding carboxylic acids is 2. The third kappa shape index (κ3) is 4.43. The van der Waals surface area contributed by atoms with Gasteiger partial charge >= 0.3 is 0 Å². The molecule has 1 aliphatic rings. The number of amides is 2. The molecule has 136 valence electrons. The van der Waals surface area contributed by atoms with Gasteiger partial charge in [-0.2, -0.15) is 0 Å². The molecule has 0 radical (unpaired) electrons. The summed E-state index contributed by atoms with van der Waals surface area (Å²) in [5.74, 6) is -0.972. The Labute approximate surface area is 164 Å². The molecule has 0 aliphatic carbocycles. The SMILES string of the molecule is O=C(Nc1ccc(Cl)c(F)c1)C1CCN(C(=O)c2ccc(Br)cc2)CC1. The molecule has 2 amide bonds. The third-order valence-electron chi connectivity index (χ3n) is 4.43. The molecule has 3 rings (SSSR count). The van der Waals surface area contributed by atoms with E-state index in [-0.39, 0.29) is 22.8 Å². The highest BCUT2D eigenvalue weighted by atomic mass is 79.9. The molecule has 0 spiro atoms. The van der Waals surface area contributed by atoms with Crippen molar-refractivity contribution in [3.05, 3.63) is 63.3 Å². The lowest BCUT2D eigenvalue weighted by atomic mass is 9.95. The summed E-state index contributed by atoms with van der Waals surface area (Å²) in [7, 11) is 0. The molecule has 1 heterocycles. The van der Waals surface area contributed by atoms with Crippen LogP contribution in [0.4, 0.5) is 10.1 Å². The van der Waals surface area contributed by atoms with E-state index in [0.717, 1.165) is 4.47 Å². The Morgan fingerprint density at radius 3 is 2.38 bits per heavy atom. The number of carbonyl (C=O) groups is 2. The van der Waals surface area contributed by atoms with Crippen LogP contribution in [0.3, 0.4) is 0 Å². The first-order chi connectivity index (χ1) is 12.4. The van der Waals surface area contributed by atoms with Crippen molar-refractivity contribution < 1.29 is 14.0 Å². The zero-order valence-corrected chi connectivity index (χ0v) is 16.2. The highest BCUT2D eigenvalue weighted by Crippen LogP contribution is 2.23. The second-order valence-electron chi connectivity index (χ2n) is 6.19. The van der Waals surface area contributed by atoms with E-state index in [2.05, 4.69) is 21.2 Å². The van der Waals surface area contributed by atoms with Gasteiger partial charge < -0.3 is 10.2 Å². The van der Waals surface area contributed by atoms with Crippen molar-refractivity contribution in [1.82, 2.24) is 4.90 Å². The Morgan fingerprint density at radius 1 is 1.12 bits per heavy atom. The summed E-state index contributed by atoms with van der Waals surface area (Å²) in [4.78, 5) is 26.6. The number of halogens is 3. The number of likely N-dealkylation sites (tertiary alicyclic amines) is 1. The minimum atomic E-state index is -0.570. The first kappa shape index (κ1) is 18.9. The van der Waals surface area contributed by atoms with E-state index in [1.165, 1.54) is 12.1 Å². The summed E-state index contributed by atoms with van der Waals surface area (Å²) in [6.07, 6.45) is 1.15. The maximum absolute atomic E-state index is 13.5. The molecule has 7 heteroatoms. The van der Waals surface area contributed by atoms with Gasteiger partial charge in [-0.15, -0.1) is 0 Å². The van der Waals surface area contributed by atoms with Crippen molar-refractivity contribution >= 4 is 45.0 Å². The van der Waals surface area contributed by atoms with E-state index in [1.54, 1.807) is 23.1 Å². The second-order valence-corrected chi connectivity index (χ2v) is 7.51. The highest BCUT2D eigenvalue weighted by molar-refractivity contribution is 9.10. The molecule has 4 nitrogen and oxygen atoms in total. The quantitative estimate of drug-likeness (QED) is 0.751. The average molecular weight is 440 g/mol. The standard InChI is InChI=1S/C19H17BrClFN2O2/c20-14-3-1-13(2-4-14)19(26)24-9-7-12(8-10-24)18(25)23-15-5-6-16(21)17(22)11-15/h1-6,11-12H,7-10H2,(H,23,25). The summed E-state index contributed by atoms with van der Waals surface area (Å²) in [5.41, 5.74) is 1.01. The van der Waals surface area contributed by atoms with Gasteiger partial charge in [-0.05, 0) is 55.3 Å². The molecule has 0 bridgehead atoms. The first-order valence-corrected chi connectivity index (χ1v) is 9.42. The molecule has 1 saturated heterocycles. The Balaban J connectivity index is 1.55. The monoisotopic (exact) mass is 438 g/mol. The van der Waals surface area contributed by atoms with Crippen molar-refractivity contribution in [3.63, 3.8) is 0 Å². The van der Waals surface area contributed by atoms with Gasteiger partial charge in [0.2, 0.25) is 5.91 Å². The van der Waals surface area contributed by atoms with Crippen molar-refractivity contribution in [2.24, 2.45) is 5.92 Å². The zero-order chi connectivity index (χ0) is 18.7. The number of rotatable bonds is 3. The fourth-order valence-corrected chi connectivity index (χ4v) is 3.32. The van der Waals surface area contributed by atoms with Crippen LogP contribution in [0.25, 0.3) is 0 Å². The van der Waals surface area contributed by atoms with Gasteiger partial charge in [0.05, 0.1) is 5.02 Å². The van der Waals surface area contributed by atoms with Gasteiger partial charge in [0, 0.05) is 34.7 Å². The predicted molar refractivity (Wildman–Crippen MR) is 103 cm³/mol. The van der Waals surface area contributed by atoms with Crippen molar-refractivity contribution in [2.45, 2.75) is 12.8 Å². The van der Waals surface area contributed by atoms with Crippen LogP contribution >= 0.6 is 27.5 Å². The van der Waals surface area contributed by atoms with Crippen LogP contribution in [0, 0.1) is 11.7 Å². The van der Waals surface area contributed by atoms with Crippen LogP contribution in [-0.2, 0) is 4.79 Å². The minimum absolute atomic E-state index is 0.0164. The van der Waals surface area contributed by atoms with Crippen molar-refractivity contribution in [2.75, 3.05) is 18.4 Å². The van der Waals surface area contributed by atoms with Gasteiger partial charge in [-0.1, -0.05) is 27.5 Å². The minimum Gasteiger partial charge on any atom is -0.339 e. The summed E-state index contributed by atoms with van der Waals surface area (Å²) in [6, 6.07) is 11.4. The molecule has 1 aliphatic heterocycles. The summed E-state index contributed by atoms with van der Waals surface area (Å²) in [5, 5.41) is 2.73. The zero-order valence-electron chi connectivity index (χ0n) is 13.8. The molecular weight excluding hydrogens is 423 g/mol. The van der Waals surface area contributed by atoms with E-state index < -0.39 is 5.82 Å². The first-order valence-electron chi connectivity index (χ1n) is 8.25. The molecule has 1 fully saturated rings. The number of anilines is 1. The normalized spacial score (nSPS) is 15.0. The summed E-state index contributed by atoms with van der Waals surface area (Å²) < 4.78 is 14.4. The summed E-state index contributed by atoms with van der Waals surface area (Å²) in [6.45, 7) is 1.03. The molecule has 0 atom stereocenters. The van der Waals surface area contributed by atoms with Gasteiger partial charge in [0.25, 0.3) is 5.91 Å². The van der Waals surface area contributed by atoms with E-state index in [9.17, 15) is 14.0 Å². The maximum atomic E-state index is 13.5. The molecule has 2 aromatic carbocycles. The molecule has 2 aromatic rings. The number of benzene rings is 2. The van der Waals surface area contributed by atoms with E-state index in [4.69, 9.17) is 11.6 Å². The predicted octanol–water partition coefficient (Wildman–Crippen LogP) is 4.73. The third-order valence-corrected chi connectivity index (χ3v) is 5.27. The highest BCUT2D eigenvalue weighted by Gasteiger charge is 2.28. The number of nitrogens with zero attached hydrogens (tertiary/aromatic N) is 1.